The quantitative estimate of drug-likeness (QED) is 0.323. The van der Waals surface area contributed by atoms with Gasteiger partial charge in [0, 0.05) is 10.9 Å². The Kier molecular flexibility index (Phi) is 11.0. The summed E-state index contributed by atoms with van der Waals surface area (Å²) in [5.41, 5.74) is -0.0301. The van der Waals surface area contributed by atoms with Crippen LogP contribution in [-0.4, -0.2) is 17.3 Å². The summed E-state index contributed by atoms with van der Waals surface area (Å²) < 4.78 is 0. The Hall–Kier alpha value is -0.0500. The number of rotatable bonds is 12. The number of carbonyl (C=O) groups is 1. The van der Waals surface area contributed by atoms with E-state index < -0.39 is 0 Å². The van der Waals surface area contributed by atoms with Crippen molar-refractivity contribution in [3.8, 4) is 0 Å². The van der Waals surface area contributed by atoms with Gasteiger partial charge in [0.2, 0.25) is 6.41 Å². The molecule has 0 saturated carbocycles. The maximum absolute atomic E-state index is 10.4. The van der Waals surface area contributed by atoms with Crippen LogP contribution >= 0.6 is 15.9 Å². The Labute approximate surface area is 115 Å². The van der Waals surface area contributed by atoms with E-state index in [2.05, 4.69) is 35.1 Å². The second kappa shape index (κ2) is 11.1. The van der Waals surface area contributed by atoms with Crippen LogP contribution in [-0.2, 0) is 4.79 Å². The zero-order valence-corrected chi connectivity index (χ0v) is 13.0. The van der Waals surface area contributed by atoms with Crippen LogP contribution in [0, 0.1) is 0 Å². The van der Waals surface area contributed by atoms with E-state index in [-0.39, 0.29) is 5.54 Å². The Morgan fingerprint density at radius 1 is 0.941 bits per heavy atom. The van der Waals surface area contributed by atoms with E-state index in [0.29, 0.717) is 0 Å². The summed E-state index contributed by atoms with van der Waals surface area (Å²) in [6, 6.07) is 0. The maximum Gasteiger partial charge on any atom is 0.207 e. The molecule has 0 aromatic rings. The molecule has 3 heteroatoms. The Morgan fingerprint density at radius 3 is 1.88 bits per heavy atom. The van der Waals surface area contributed by atoms with Crippen molar-refractivity contribution in [1.29, 1.82) is 0 Å². The zero-order valence-electron chi connectivity index (χ0n) is 11.4. The summed E-state index contributed by atoms with van der Waals surface area (Å²) in [6.45, 7) is 4.17. The first-order valence-electron chi connectivity index (χ1n) is 6.90. The van der Waals surface area contributed by atoms with Gasteiger partial charge in [-0.25, -0.2) is 0 Å². The van der Waals surface area contributed by atoms with Crippen molar-refractivity contribution >= 4 is 22.3 Å². The van der Waals surface area contributed by atoms with Gasteiger partial charge in [-0.05, 0) is 26.7 Å². The van der Waals surface area contributed by atoms with Gasteiger partial charge >= 0.3 is 0 Å². The molecule has 0 heterocycles. The normalized spacial score (nSPS) is 11.5. The number of carbonyl (C=O) groups excluding carboxylic acids is 1. The van der Waals surface area contributed by atoms with Crippen LogP contribution in [0.25, 0.3) is 0 Å². The lowest BCUT2D eigenvalue weighted by atomic mass is 9.96. The molecule has 0 aliphatic rings. The van der Waals surface area contributed by atoms with E-state index in [1.54, 1.807) is 0 Å². The van der Waals surface area contributed by atoms with Gasteiger partial charge in [-0.2, -0.15) is 0 Å². The van der Waals surface area contributed by atoms with E-state index in [9.17, 15) is 4.79 Å². The lowest BCUT2D eigenvalue weighted by Gasteiger charge is -2.23. The lowest BCUT2D eigenvalue weighted by molar-refractivity contribution is -0.111. The molecule has 0 aliphatic carbocycles. The van der Waals surface area contributed by atoms with Gasteiger partial charge in [0.05, 0.1) is 0 Å². The Morgan fingerprint density at radius 2 is 1.41 bits per heavy atom. The molecule has 0 aliphatic heterocycles. The molecule has 0 bridgehead atoms. The summed E-state index contributed by atoms with van der Waals surface area (Å²) in [4.78, 5) is 10.4. The average Bonchev–Trinajstić information content (AvgIpc) is 2.27. The third kappa shape index (κ3) is 12.2. The smallest absolute Gasteiger partial charge is 0.207 e. The van der Waals surface area contributed by atoms with Gasteiger partial charge in [-0.3, -0.25) is 4.79 Å². The van der Waals surface area contributed by atoms with Gasteiger partial charge in [0.25, 0.3) is 0 Å². The first-order valence-corrected chi connectivity index (χ1v) is 8.02. The van der Waals surface area contributed by atoms with Crippen molar-refractivity contribution < 1.29 is 4.79 Å². The molecule has 0 unspecified atom stereocenters. The molecule has 0 fully saturated rings. The molecule has 0 saturated heterocycles. The highest BCUT2D eigenvalue weighted by molar-refractivity contribution is 9.09. The molecule has 1 amide bonds. The molecule has 0 atom stereocenters. The molecular formula is C14H28BrNO. The third-order valence-electron chi connectivity index (χ3n) is 3.14. The number of hydrogen-bond acceptors (Lipinski definition) is 1. The van der Waals surface area contributed by atoms with Crippen LogP contribution in [0.2, 0.25) is 0 Å². The standard InChI is InChI=1S/C14H28BrNO/c1-14(2,16-13-17)11-9-7-5-3-4-6-8-10-12-15/h13H,3-12H2,1-2H3,(H,16,17). The molecule has 1 N–H and O–H groups in total. The minimum absolute atomic E-state index is 0.0301. The fraction of sp³-hybridized carbons (Fsp3) is 0.929. The summed E-state index contributed by atoms with van der Waals surface area (Å²) in [5.74, 6) is 0. The van der Waals surface area contributed by atoms with Crippen molar-refractivity contribution in [2.45, 2.75) is 77.2 Å². The lowest BCUT2D eigenvalue weighted by Crippen LogP contribution is -2.37. The van der Waals surface area contributed by atoms with Gasteiger partial charge in [-0.1, -0.05) is 60.9 Å². The monoisotopic (exact) mass is 305 g/mol. The number of unbranched alkanes of at least 4 members (excludes halogenated alkanes) is 7. The van der Waals surface area contributed by atoms with Crippen LogP contribution in [0.1, 0.15) is 71.6 Å². The van der Waals surface area contributed by atoms with E-state index in [1.807, 2.05) is 0 Å². The maximum atomic E-state index is 10.4. The van der Waals surface area contributed by atoms with Crippen LogP contribution < -0.4 is 5.32 Å². The average molecular weight is 306 g/mol. The first-order chi connectivity index (χ1) is 8.12. The molecule has 17 heavy (non-hydrogen) atoms. The van der Waals surface area contributed by atoms with E-state index in [0.717, 1.165) is 18.2 Å². The van der Waals surface area contributed by atoms with Crippen molar-refractivity contribution in [2.24, 2.45) is 0 Å². The first kappa shape index (κ1) is 16.9. The predicted octanol–water partition coefficient (Wildman–Crippen LogP) is 4.42. The van der Waals surface area contributed by atoms with E-state index >= 15 is 0 Å². The summed E-state index contributed by atoms with van der Waals surface area (Å²) >= 11 is 3.45. The number of hydrogen-bond donors (Lipinski definition) is 1. The highest BCUT2D eigenvalue weighted by atomic mass is 79.9. The number of nitrogens with one attached hydrogen (secondary N) is 1. The number of alkyl halides is 1. The minimum atomic E-state index is -0.0301. The van der Waals surface area contributed by atoms with Crippen LogP contribution in [0.5, 0.6) is 0 Å². The molecular weight excluding hydrogens is 278 g/mol. The Balaban J connectivity index is 3.20. The topological polar surface area (TPSA) is 29.1 Å². The summed E-state index contributed by atoms with van der Waals surface area (Å²) in [5, 5.41) is 4.01. The molecule has 0 aromatic carbocycles. The molecule has 0 spiro atoms. The minimum Gasteiger partial charge on any atom is -0.354 e. The highest BCUT2D eigenvalue weighted by Gasteiger charge is 2.14. The van der Waals surface area contributed by atoms with Gasteiger partial charge in [-0.15, -0.1) is 0 Å². The van der Waals surface area contributed by atoms with Crippen molar-refractivity contribution in [3.05, 3.63) is 0 Å². The Bertz CT molecular complexity index is 183. The summed E-state index contributed by atoms with van der Waals surface area (Å²) in [7, 11) is 0. The third-order valence-corrected chi connectivity index (χ3v) is 3.70. The van der Waals surface area contributed by atoms with Crippen LogP contribution in [0.15, 0.2) is 0 Å². The highest BCUT2D eigenvalue weighted by Crippen LogP contribution is 2.15. The molecule has 102 valence electrons. The van der Waals surface area contributed by atoms with Crippen LogP contribution in [0.3, 0.4) is 0 Å². The SMILES string of the molecule is CC(C)(CCCCCCCCCCBr)NC=O. The van der Waals surface area contributed by atoms with E-state index in [4.69, 9.17) is 0 Å². The van der Waals surface area contributed by atoms with Crippen molar-refractivity contribution in [1.82, 2.24) is 5.32 Å². The van der Waals surface area contributed by atoms with Gasteiger partial charge in [0.15, 0.2) is 0 Å². The largest absolute Gasteiger partial charge is 0.354 e. The molecule has 2 nitrogen and oxygen atoms in total. The van der Waals surface area contributed by atoms with Crippen molar-refractivity contribution in [3.63, 3.8) is 0 Å². The zero-order chi connectivity index (χ0) is 13.0. The molecule has 0 radical (unpaired) electrons. The van der Waals surface area contributed by atoms with Gasteiger partial charge in [0.1, 0.15) is 0 Å². The van der Waals surface area contributed by atoms with E-state index in [1.165, 1.54) is 51.4 Å². The fourth-order valence-electron chi connectivity index (χ4n) is 1.95. The fourth-order valence-corrected chi connectivity index (χ4v) is 2.35. The predicted molar refractivity (Wildman–Crippen MR) is 78.6 cm³/mol. The number of halogens is 1. The summed E-state index contributed by atoms with van der Waals surface area (Å²) in [6.07, 6.45) is 12.5. The molecule has 0 rings (SSSR count). The second-order valence-corrected chi connectivity index (χ2v) is 6.21. The molecule has 0 aromatic heterocycles. The van der Waals surface area contributed by atoms with Gasteiger partial charge < -0.3 is 5.32 Å². The van der Waals surface area contributed by atoms with Crippen LogP contribution in [0.4, 0.5) is 0 Å². The second-order valence-electron chi connectivity index (χ2n) is 5.41. The number of amides is 1. The van der Waals surface area contributed by atoms with Crippen molar-refractivity contribution in [2.75, 3.05) is 5.33 Å².